The highest BCUT2D eigenvalue weighted by Crippen LogP contribution is 2.34. The van der Waals surface area contributed by atoms with E-state index >= 15 is 0 Å². The van der Waals surface area contributed by atoms with Gasteiger partial charge in [-0.05, 0) is 39.7 Å². The maximum atomic E-state index is 11.5. The van der Waals surface area contributed by atoms with E-state index in [1.165, 1.54) is 4.57 Å². The number of rotatable bonds is 2. The number of aryl methyl sites for hydroxylation is 1. The second-order valence-corrected chi connectivity index (χ2v) is 5.93. The molecule has 21 heavy (non-hydrogen) atoms. The van der Waals surface area contributed by atoms with Crippen LogP contribution >= 0.6 is 27.5 Å². The van der Waals surface area contributed by atoms with E-state index in [0.29, 0.717) is 31.7 Å². The smallest absolute Gasteiger partial charge is 0.408 e. The maximum Gasteiger partial charge on any atom is 0.419 e. The molecule has 108 valence electrons. The minimum atomic E-state index is -0.898. The highest BCUT2D eigenvalue weighted by Gasteiger charge is 2.17. The van der Waals surface area contributed by atoms with E-state index in [9.17, 15) is 9.90 Å². The van der Waals surface area contributed by atoms with Crippen molar-refractivity contribution in [1.29, 1.82) is 0 Å². The third-order valence-electron chi connectivity index (χ3n) is 3.41. The van der Waals surface area contributed by atoms with Crippen LogP contribution in [0.4, 0.5) is 0 Å². The number of fused-ring (bicyclic) bond motifs is 1. The van der Waals surface area contributed by atoms with Gasteiger partial charge in [0.2, 0.25) is 0 Å². The fourth-order valence-electron chi connectivity index (χ4n) is 2.23. The SMILES string of the molecule is Cn1c(=O)oc2cc(C(O)c3cccc(Br)c3Cl)ccc21. The third-order valence-corrected chi connectivity index (χ3v) is 4.72. The van der Waals surface area contributed by atoms with Gasteiger partial charge >= 0.3 is 5.76 Å². The Kier molecular flexibility index (Phi) is 3.65. The van der Waals surface area contributed by atoms with Crippen LogP contribution in [-0.4, -0.2) is 9.67 Å². The van der Waals surface area contributed by atoms with E-state index in [0.717, 1.165) is 0 Å². The molecule has 1 aromatic heterocycles. The predicted molar refractivity (Wildman–Crippen MR) is 84.7 cm³/mol. The average Bonchev–Trinajstić information content (AvgIpc) is 2.76. The molecule has 0 fully saturated rings. The molecule has 1 unspecified atom stereocenters. The monoisotopic (exact) mass is 367 g/mol. The lowest BCUT2D eigenvalue weighted by Crippen LogP contribution is -2.08. The zero-order chi connectivity index (χ0) is 15.1. The highest BCUT2D eigenvalue weighted by molar-refractivity contribution is 9.10. The number of aliphatic hydroxyl groups excluding tert-OH is 1. The molecule has 1 atom stereocenters. The number of hydrogen-bond acceptors (Lipinski definition) is 3. The molecule has 0 spiro atoms. The van der Waals surface area contributed by atoms with Crippen LogP contribution in [0.3, 0.4) is 0 Å². The molecule has 0 radical (unpaired) electrons. The van der Waals surface area contributed by atoms with Crippen molar-refractivity contribution >= 4 is 38.6 Å². The van der Waals surface area contributed by atoms with Crippen molar-refractivity contribution in [3.05, 3.63) is 67.6 Å². The summed E-state index contributed by atoms with van der Waals surface area (Å²) in [6, 6.07) is 10.5. The summed E-state index contributed by atoms with van der Waals surface area (Å²) in [5, 5.41) is 11.0. The Morgan fingerprint density at radius 3 is 2.86 bits per heavy atom. The van der Waals surface area contributed by atoms with Crippen molar-refractivity contribution in [2.24, 2.45) is 7.05 Å². The zero-order valence-electron chi connectivity index (χ0n) is 11.0. The first-order chi connectivity index (χ1) is 9.99. The fraction of sp³-hybridized carbons (Fsp3) is 0.133. The lowest BCUT2D eigenvalue weighted by molar-refractivity contribution is 0.220. The number of oxazole rings is 1. The van der Waals surface area contributed by atoms with Crippen LogP contribution in [0, 0.1) is 0 Å². The summed E-state index contributed by atoms with van der Waals surface area (Å²) in [4.78, 5) is 11.5. The molecule has 0 bridgehead atoms. The molecular weight excluding hydrogens is 358 g/mol. The molecule has 0 saturated heterocycles. The summed E-state index contributed by atoms with van der Waals surface area (Å²) < 4.78 is 7.26. The molecule has 0 amide bonds. The molecule has 2 aromatic carbocycles. The van der Waals surface area contributed by atoms with Crippen molar-refractivity contribution in [1.82, 2.24) is 4.57 Å². The van der Waals surface area contributed by atoms with Crippen LogP contribution in [0.15, 0.2) is 50.1 Å². The lowest BCUT2D eigenvalue weighted by Gasteiger charge is -2.14. The summed E-state index contributed by atoms with van der Waals surface area (Å²) in [6.45, 7) is 0. The largest absolute Gasteiger partial charge is 0.419 e. The van der Waals surface area contributed by atoms with Gasteiger partial charge in [-0.1, -0.05) is 29.8 Å². The Morgan fingerprint density at radius 2 is 2.10 bits per heavy atom. The van der Waals surface area contributed by atoms with Crippen molar-refractivity contribution in [2.45, 2.75) is 6.10 Å². The van der Waals surface area contributed by atoms with E-state index in [-0.39, 0.29) is 0 Å². The molecule has 3 rings (SSSR count). The first kappa shape index (κ1) is 14.4. The molecule has 0 saturated carbocycles. The summed E-state index contributed by atoms with van der Waals surface area (Å²) in [7, 11) is 1.63. The van der Waals surface area contributed by atoms with E-state index in [1.807, 2.05) is 0 Å². The van der Waals surface area contributed by atoms with E-state index in [4.69, 9.17) is 16.0 Å². The number of hydrogen-bond donors (Lipinski definition) is 1. The Hall–Kier alpha value is -1.56. The molecular formula is C15H11BrClNO3. The first-order valence-corrected chi connectivity index (χ1v) is 7.37. The van der Waals surface area contributed by atoms with Gasteiger partial charge in [0.25, 0.3) is 0 Å². The summed E-state index contributed by atoms with van der Waals surface area (Å²) in [5.41, 5.74) is 2.31. The van der Waals surface area contributed by atoms with Crippen LogP contribution in [-0.2, 0) is 7.05 Å². The quantitative estimate of drug-likeness (QED) is 0.751. The van der Waals surface area contributed by atoms with Gasteiger partial charge < -0.3 is 9.52 Å². The van der Waals surface area contributed by atoms with Gasteiger partial charge in [0, 0.05) is 17.1 Å². The minimum Gasteiger partial charge on any atom is -0.408 e. The van der Waals surface area contributed by atoms with Crippen molar-refractivity contribution in [3.63, 3.8) is 0 Å². The van der Waals surface area contributed by atoms with Crippen LogP contribution in [0.25, 0.3) is 11.1 Å². The number of aliphatic hydroxyl groups is 1. The molecule has 1 N–H and O–H groups in total. The summed E-state index contributed by atoms with van der Waals surface area (Å²) >= 11 is 9.53. The topological polar surface area (TPSA) is 55.4 Å². The van der Waals surface area contributed by atoms with Gasteiger partial charge in [0.1, 0.15) is 6.10 Å². The van der Waals surface area contributed by atoms with Gasteiger partial charge in [-0.15, -0.1) is 0 Å². The standard InChI is InChI=1S/C15H11BrClNO3/c1-18-11-6-5-8(7-12(11)21-15(18)20)14(19)9-3-2-4-10(16)13(9)17/h2-7,14,19H,1H3. The normalized spacial score (nSPS) is 12.8. The van der Waals surface area contributed by atoms with Crippen LogP contribution < -0.4 is 5.76 Å². The van der Waals surface area contributed by atoms with Crippen LogP contribution in [0.2, 0.25) is 5.02 Å². The molecule has 6 heteroatoms. The second-order valence-electron chi connectivity index (χ2n) is 4.70. The first-order valence-electron chi connectivity index (χ1n) is 6.20. The zero-order valence-corrected chi connectivity index (χ0v) is 13.4. The lowest BCUT2D eigenvalue weighted by atomic mass is 10.0. The summed E-state index contributed by atoms with van der Waals surface area (Å²) in [6.07, 6.45) is -0.898. The highest BCUT2D eigenvalue weighted by atomic mass is 79.9. The van der Waals surface area contributed by atoms with Gasteiger partial charge in [-0.3, -0.25) is 4.57 Å². The second kappa shape index (κ2) is 5.33. The predicted octanol–water partition coefficient (Wildman–Crippen LogP) is 3.63. The Balaban J connectivity index is 2.11. The maximum absolute atomic E-state index is 11.5. The van der Waals surface area contributed by atoms with Crippen LogP contribution in [0.1, 0.15) is 17.2 Å². The van der Waals surface area contributed by atoms with Gasteiger partial charge in [-0.25, -0.2) is 4.79 Å². The van der Waals surface area contributed by atoms with E-state index in [1.54, 1.807) is 43.4 Å². The minimum absolute atomic E-state index is 0.433. The third kappa shape index (κ3) is 2.41. The van der Waals surface area contributed by atoms with Gasteiger partial charge in [0.05, 0.1) is 10.5 Å². The molecule has 0 aliphatic heterocycles. The van der Waals surface area contributed by atoms with Gasteiger partial charge in [-0.2, -0.15) is 0 Å². The number of nitrogens with zero attached hydrogens (tertiary/aromatic N) is 1. The average molecular weight is 369 g/mol. The molecule has 3 aromatic rings. The Bertz CT molecular complexity index is 884. The van der Waals surface area contributed by atoms with E-state index < -0.39 is 11.9 Å². The fourth-order valence-corrected chi connectivity index (χ4v) is 2.84. The van der Waals surface area contributed by atoms with Crippen molar-refractivity contribution in [2.75, 3.05) is 0 Å². The summed E-state index contributed by atoms with van der Waals surface area (Å²) in [5.74, 6) is -0.433. The molecule has 1 heterocycles. The van der Waals surface area contributed by atoms with Crippen molar-refractivity contribution < 1.29 is 9.52 Å². The number of benzene rings is 2. The van der Waals surface area contributed by atoms with E-state index in [2.05, 4.69) is 15.9 Å². The molecule has 0 aliphatic rings. The Morgan fingerprint density at radius 1 is 1.33 bits per heavy atom. The molecule has 0 aliphatic carbocycles. The number of aromatic nitrogens is 1. The Labute approximate surface area is 133 Å². The van der Waals surface area contributed by atoms with Crippen LogP contribution in [0.5, 0.6) is 0 Å². The van der Waals surface area contributed by atoms with Gasteiger partial charge in [0.15, 0.2) is 5.58 Å². The van der Waals surface area contributed by atoms with Crippen molar-refractivity contribution in [3.8, 4) is 0 Å². The number of halogens is 2. The molecule has 4 nitrogen and oxygen atoms in total.